The van der Waals surface area contributed by atoms with Crippen molar-refractivity contribution in [3.8, 4) is 10.6 Å². The van der Waals surface area contributed by atoms with E-state index in [2.05, 4.69) is 26.5 Å². The Hall–Kier alpha value is -2.02. The second-order valence-electron chi connectivity index (χ2n) is 6.54. The minimum absolute atomic E-state index is 0.326. The number of aliphatic hydroxyl groups is 1. The maximum absolute atomic E-state index is 14.0. The highest BCUT2D eigenvalue weighted by Crippen LogP contribution is 2.35. The molecule has 4 nitrogen and oxygen atoms in total. The van der Waals surface area contributed by atoms with Crippen molar-refractivity contribution >= 4 is 11.3 Å². The number of hydrogen-bond acceptors (Lipinski definition) is 4. The van der Waals surface area contributed by atoms with Crippen LogP contribution in [0.15, 0.2) is 48.0 Å². The number of nitrogens with zero attached hydrogens (tertiary/aromatic N) is 2. The van der Waals surface area contributed by atoms with E-state index in [-0.39, 0.29) is 5.82 Å². The number of benzene rings is 1. The first-order chi connectivity index (χ1) is 12.2. The molecule has 0 saturated carbocycles. The molecule has 1 aliphatic rings. The maximum Gasteiger partial charge on any atom is 0.129 e. The van der Waals surface area contributed by atoms with Crippen molar-refractivity contribution < 1.29 is 9.50 Å². The Morgan fingerprint density at radius 1 is 1.20 bits per heavy atom. The van der Waals surface area contributed by atoms with Gasteiger partial charge in [0.05, 0.1) is 22.4 Å². The second-order valence-corrected chi connectivity index (χ2v) is 7.48. The molecular formula is C19H20FN3OS. The summed E-state index contributed by atoms with van der Waals surface area (Å²) in [6.45, 7) is 2.22. The first kappa shape index (κ1) is 16.4. The predicted octanol–water partition coefficient (Wildman–Crippen LogP) is 3.76. The van der Waals surface area contributed by atoms with Gasteiger partial charge in [-0.2, -0.15) is 5.10 Å². The van der Waals surface area contributed by atoms with E-state index in [0.29, 0.717) is 18.4 Å². The zero-order valence-electron chi connectivity index (χ0n) is 13.8. The number of likely N-dealkylation sites (tertiary alicyclic amines) is 1. The first-order valence-corrected chi connectivity index (χ1v) is 9.29. The number of halogens is 1. The molecule has 130 valence electrons. The van der Waals surface area contributed by atoms with Crippen LogP contribution in [0.5, 0.6) is 0 Å². The Morgan fingerprint density at radius 3 is 2.72 bits per heavy atom. The number of piperidine rings is 1. The largest absolute Gasteiger partial charge is 0.385 e. The Labute approximate surface area is 149 Å². The number of aromatic amines is 1. The van der Waals surface area contributed by atoms with Gasteiger partial charge in [-0.25, -0.2) is 4.39 Å². The lowest BCUT2D eigenvalue weighted by Crippen LogP contribution is -2.42. The molecule has 1 aromatic carbocycles. The van der Waals surface area contributed by atoms with Crippen LogP contribution >= 0.6 is 11.3 Å². The summed E-state index contributed by atoms with van der Waals surface area (Å²) < 4.78 is 14.0. The predicted molar refractivity (Wildman–Crippen MR) is 96.7 cm³/mol. The van der Waals surface area contributed by atoms with Gasteiger partial charge in [0.25, 0.3) is 0 Å². The Morgan fingerprint density at radius 2 is 2.00 bits per heavy atom. The third kappa shape index (κ3) is 3.25. The lowest BCUT2D eigenvalue weighted by atomic mass is 9.84. The van der Waals surface area contributed by atoms with E-state index >= 15 is 0 Å². The van der Waals surface area contributed by atoms with Gasteiger partial charge in [-0.1, -0.05) is 24.3 Å². The highest BCUT2D eigenvalue weighted by molar-refractivity contribution is 7.13. The summed E-state index contributed by atoms with van der Waals surface area (Å²) in [4.78, 5) is 3.46. The Bertz CT molecular complexity index is 838. The van der Waals surface area contributed by atoms with Gasteiger partial charge in [-0.15, -0.1) is 11.3 Å². The molecular weight excluding hydrogens is 337 g/mol. The van der Waals surface area contributed by atoms with E-state index in [1.807, 2.05) is 12.3 Å². The van der Waals surface area contributed by atoms with Crippen molar-refractivity contribution in [2.45, 2.75) is 25.0 Å². The van der Waals surface area contributed by atoms with Crippen LogP contribution in [0, 0.1) is 5.82 Å². The van der Waals surface area contributed by atoms with E-state index in [1.54, 1.807) is 29.5 Å². The second kappa shape index (κ2) is 6.71. The van der Waals surface area contributed by atoms with Crippen molar-refractivity contribution in [2.75, 3.05) is 13.1 Å². The van der Waals surface area contributed by atoms with Crippen LogP contribution in [0.1, 0.15) is 24.0 Å². The van der Waals surface area contributed by atoms with Gasteiger partial charge < -0.3 is 5.11 Å². The molecule has 2 N–H and O–H groups in total. The highest BCUT2D eigenvalue weighted by Gasteiger charge is 2.36. The first-order valence-electron chi connectivity index (χ1n) is 8.41. The summed E-state index contributed by atoms with van der Waals surface area (Å²) in [5.41, 5.74) is 1.55. The van der Waals surface area contributed by atoms with Crippen molar-refractivity contribution in [2.24, 2.45) is 0 Å². The molecule has 0 spiro atoms. The standard InChI is InChI=1S/C19H20FN3OS/c20-16-5-2-1-4-15(16)19(24)7-9-23(10-8-19)13-14-12-21-22-18(14)17-6-3-11-25-17/h1-6,11-12,24H,7-10,13H2,(H,21,22). The maximum atomic E-state index is 14.0. The number of rotatable bonds is 4. The van der Waals surface area contributed by atoms with E-state index < -0.39 is 5.60 Å². The number of H-pyrrole nitrogens is 1. The van der Waals surface area contributed by atoms with Crippen molar-refractivity contribution in [3.63, 3.8) is 0 Å². The lowest BCUT2D eigenvalue weighted by Gasteiger charge is -2.38. The van der Waals surface area contributed by atoms with Crippen molar-refractivity contribution in [1.82, 2.24) is 15.1 Å². The highest BCUT2D eigenvalue weighted by atomic mass is 32.1. The molecule has 0 bridgehead atoms. The van der Waals surface area contributed by atoms with Gasteiger partial charge in [0, 0.05) is 30.8 Å². The molecule has 25 heavy (non-hydrogen) atoms. The number of aromatic nitrogens is 2. The van der Waals surface area contributed by atoms with Crippen LogP contribution in [0.4, 0.5) is 4.39 Å². The average Bonchev–Trinajstić information content (AvgIpc) is 3.29. The van der Waals surface area contributed by atoms with E-state index in [0.717, 1.165) is 30.9 Å². The van der Waals surface area contributed by atoms with Gasteiger partial charge in [0.2, 0.25) is 0 Å². The van der Waals surface area contributed by atoms with Crippen LogP contribution in [-0.2, 0) is 12.1 Å². The fourth-order valence-corrected chi connectivity index (χ4v) is 4.25. The number of hydrogen-bond donors (Lipinski definition) is 2. The summed E-state index contributed by atoms with van der Waals surface area (Å²) in [5.74, 6) is -0.326. The summed E-state index contributed by atoms with van der Waals surface area (Å²) in [5, 5.41) is 20.2. The molecule has 3 aromatic rings. The van der Waals surface area contributed by atoms with E-state index in [9.17, 15) is 9.50 Å². The third-order valence-electron chi connectivity index (χ3n) is 4.94. The number of thiophene rings is 1. The van der Waals surface area contributed by atoms with Crippen LogP contribution in [0.3, 0.4) is 0 Å². The average molecular weight is 357 g/mol. The van der Waals surface area contributed by atoms with Crippen LogP contribution in [0.2, 0.25) is 0 Å². The summed E-state index contributed by atoms with van der Waals surface area (Å²) in [7, 11) is 0. The Balaban J connectivity index is 1.45. The molecule has 1 aliphatic heterocycles. The summed E-state index contributed by atoms with van der Waals surface area (Å²) in [6, 6.07) is 10.6. The van der Waals surface area contributed by atoms with Crippen LogP contribution < -0.4 is 0 Å². The van der Waals surface area contributed by atoms with Crippen LogP contribution in [-0.4, -0.2) is 33.3 Å². The van der Waals surface area contributed by atoms with Gasteiger partial charge >= 0.3 is 0 Å². The molecule has 4 rings (SSSR count). The van der Waals surface area contributed by atoms with Crippen molar-refractivity contribution in [3.05, 3.63) is 64.9 Å². The van der Waals surface area contributed by atoms with E-state index in [4.69, 9.17) is 0 Å². The molecule has 6 heteroatoms. The van der Waals surface area contributed by atoms with Gasteiger partial charge in [0.1, 0.15) is 5.82 Å². The zero-order valence-corrected chi connectivity index (χ0v) is 14.6. The molecule has 0 atom stereocenters. The van der Waals surface area contributed by atoms with Crippen LogP contribution in [0.25, 0.3) is 10.6 Å². The minimum Gasteiger partial charge on any atom is -0.385 e. The van der Waals surface area contributed by atoms with Gasteiger partial charge in [-0.05, 0) is 30.4 Å². The quantitative estimate of drug-likeness (QED) is 0.747. The SMILES string of the molecule is OC1(c2ccccc2F)CCN(Cc2cn[nH]c2-c2cccs2)CC1. The summed E-state index contributed by atoms with van der Waals surface area (Å²) in [6.07, 6.45) is 2.92. The fourth-order valence-electron chi connectivity index (χ4n) is 3.50. The molecule has 1 saturated heterocycles. The number of nitrogens with one attached hydrogen (secondary N) is 1. The molecule has 2 aromatic heterocycles. The topological polar surface area (TPSA) is 52.1 Å². The van der Waals surface area contributed by atoms with E-state index in [1.165, 1.54) is 10.9 Å². The zero-order chi connectivity index (χ0) is 17.3. The van der Waals surface area contributed by atoms with Gasteiger partial charge in [-0.3, -0.25) is 10.00 Å². The van der Waals surface area contributed by atoms with Gasteiger partial charge in [0.15, 0.2) is 0 Å². The normalized spacial score (nSPS) is 17.7. The molecule has 3 heterocycles. The third-order valence-corrected chi connectivity index (χ3v) is 5.83. The van der Waals surface area contributed by atoms with Crippen molar-refractivity contribution in [1.29, 1.82) is 0 Å². The smallest absolute Gasteiger partial charge is 0.129 e. The monoisotopic (exact) mass is 357 g/mol. The minimum atomic E-state index is -1.07. The molecule has 0 radical (unpaired) electrons. The molecule has 0 aliphatic carbocycles. The molecule has 0 unspecified atom stereocenters. The fraction of sp³-hybridized carbons (Fsp3) is 0.316. The Kier molecular flexibility index (Phi) is 4.41. The molecule has 0 amide bonds. The molecule has 1 fully saturated rings. The summed E-state index contributed by atoms with van der Waals surface area (Å²) >= 11 is 1.68. The lowest BCUT2D eigenvalue weighted by molar-refractivity contribution is -0.0302.